The largest absolute Gasteiger partial charge is 0.495 e. The van der Waals surface area contributed by atoms with Gasteiger partial charge in [0.1, 0.15) is 16.0 Å². The molecule has 0 saturated heterocycles. The third-order valence-corrected chi connectivity index (χ3v) is 4.33. The van der Waals surface area contributed by atoms with Crippen LogP contribution in [-0.4, -0.2) is 31.7 Å². The first kappa shape index (κ1) is 17.3. The van der Waals surface area contributed by atoms with Crippen molar-refractivity contribution in [3.63, 3.8) is 0 Å². The first-order valence-corrected chi connectivity index (χ1v) is 7.95. The maximum atomic E-state index is 12.4. The Bertz CT molecular complexity index is 652. The Morgan fingerprint density at radius 2 is 1.78 bits per heavy atom. The molecular weight excluding hydrogens is 360 g/mol. The van der Waals surface area contributed by atoms with Crippen molar-refractivity contribution in [2.75, 3.05) is 20.8 Å². The summed E-state index contributed by atoms with van der Waals surface area (Å²) < 4.78 is 11.2. The molecular formula is C17H19BrN2O3. The van der Waals surface area contributed by atoms with Crippen LogP contribution in [0.1, 0.15) is 28.8 Å². The molecule has 1 unspecified atom stereocenters. The number of ether oxygens (including phenoxy) is 2. The first-order chi connectivity index (χ1) is 11.1. The van der Waals surface area contributed by atoms with Crippen LogP contribution in [-0.2, 0) is 0 Å². The van der Waals surface area contributed by atoms with Crippen molar-refractivity contribution in [2.45, 2.75) is 12.8 Å². The van der Waals surface area contributed by atoms with E-state index in [4.69, 9.17) is 9.47 Å². The van der Waals surface area contributed by atoms with Gasteiger partial charge >= 0.3 is 0 Å². The lowest BCUT2D eigenvalue weighted by Gasteiger charge is -2.14. The number of amides is 1. The van der Waals surface area contributed by atoms with Gasteiger partial charge in [-0.25, -0.2) is 0 Å². The molecule has 1 heterocycles. The van der Waals surface area contributed by atoms with Crippen molar-refractivity contribution in [3.05, 3.63) is 52.3 Å². The van der Waals surface area contributed by atoms with Gasteiger partial charge in [-0.05, 0) is 51.7 Å². The average Bonchev–Trinajstić information content (AvgIpc) is 2.60. The predicted molar refractivity (Wildman–Crippen MR) is 92.2 cm³/mol. The lowest BCUT2D eigenvalue weighted by molar-refractivity contribution is 0.0951. The summed E-state index contributed by atoms with van der Waals surface area (Å²) in [5.74, 6) is 1.13. The van der Waals surface area contributed by atoms with Gasteiger partial charge in [0, 0.05) is 24.5 Å². The van der Waals surface area contributed by atoms with Crippen molar-refractivity contribution in [1.82, 2.24) is 10.3 Å². The molecule has 2 rings (SSSR count). The lowest BCUT2D eigenvalue weighted by atomic mass is 10.0. The van der Waals surface area contributed by atoms with Crippen molar-refractivity contribution in [2.24, 2.45) is 0 Å². The van der Waals surface area contributed by atoms with Crippen molar-refractivity contribution in [1.29, 1.82) is 0 Å². The Hall–Kier alpha value is -2.08. The summed E-state index contributed by atoms with van der Waals surface area (Å²) in [6.45, 7) is 2.59. The molecule has 6 heteroatoms. The van der Waals surface area contributed by atoms with Crippen molar-refractivity contribution in [3.8, 4) is 11.5 Å². The standard InChI is InChI=1S/C17H19BrN2O3/c1-11(12-4-6-19-7-5-12)10-20-17(21)13-8-14(22-2)16(18)15(9-13)23-3/h4-9,11H,10H2,1-3H3,(H,20,21). The summed E-state index contributed by atoms with van der Waals surface area (Å²) in [5, 5.41) is 2.93. The maximum Gasteiger partial charge on any atom is 0.251 e. The van der Waals surface area contributed by atoms with Crippen LogP contribution in [0.5, 0.6) is 11.5 Å². The number of aromatic nitrogens is 1. The molecule has 1 N–H and O–H groups in total. The number of hydrogen-bond acceptors (Lipinski definition) is 4. The number of methoxy groups -OCH3 is 2. The molecule has 0 saturated carbocycles. The molecule has 23 heavy (non-hydrogen) atoms. The highest BCUT2D eigenvalue weighted by Gasteiger charge is 2.15. The van der Waals surface area contributed by atoms with Crippen LogP contribution in [0, 0.1) is 0 Å². The number of nitrogens with one attached hydrogen (secondary N) is 1. The van der Waals surface area contributed by atoms with Crippen molar-refractivity contribution >= 4 is 21.8 Å². The minimum atomic E-state index is -0.171. The molecule has 1 atom stereocenters. The van der Waals surface area contributed by atoms with E-state index >= 15 is 0 Å². The van der Waals surface area contributed by atoms with E-state index in [1.807, 2.05) is 12.1 Å². The Morgan fingerprint density at radius 1 is 1.22 bits per heavy atom. The minimum absolute atomic E-state index is 0.171. The van der Waals surface area contributed by atoms with Crippen LogP contribution < -0.4 is 14.8 Å². The number of carbonyl (C=O) groups is 1. The molecule has 0 aliphatic rings. The fourth-order valence-electron chi connectivity index (χ4n) is 2.16. The maximum absolute atomic E-state index is 12.4. The van der Waals surface area contributed by atoms with Gasteiger partial charge in [-0.1, -0.05) is 6.92 Å². The van der Waals surface area contributed by atoms with Gasteiger partial charge in [0.2, 0.25) is 0 Å². The van der Waals surface area contributed by atoms with Crippen LogP contribution >= 0.6 is 15.9 Å². The van der Waals surface area contributed by atoms with E-state index in [2.05, 4.69) is 33.2 Å². The zero-order valence-corrected chi connectivity index (χ0v) is 14.9. The minimum Gasteiger partial charge on any atom is -0.495 e. The second-order valence-electron chi connectivity index (χ2n) is 5.09. The third-order valence-electron chi connectivity index (χ3n) is 3.55. The second kappa shape index (κ2) is 7.97. The number of carbonyl (C=O) groups excluding carboxylic acids is 1. The number of nitrogens with zero attached hydrogens (tertiary/aromatic N) is 1. The van der Waals surface area contributed by atoms with E-state index < -0.39 is 0 Å². The summed E-state index contributed by atoms with van der Waals surface area (Å²) >= 11 is 3.39. The van der Waals surface area contributed by atoms with Crippen LogP contribution in [0.2, 0.25) is 0 Å². The van der Waals surface area contributed by atoms with Gasteiger partial charge in [0.25, 0.3) is 5.91 Å². The third kappa shape index (κ3) is 4.22. The van der Waals surface area contributed by atoms with Gasteiger partial charge in [0.15, 0.2) is 0 Å². The molecule has 0 radical (unpaired) electrons. The summed E-state index contributed by atoms with van der Waals surface area (Å²) in [6, 6.07) is 7.25. The van der Waals surface area contributed by atoms with Crippen LogP contribution in [0.4, 0.5) is 0 Å². The molecule has 5 nitrogen and oxygen atoms in total. The molecule has 0 spiro atoms. The normalized spacial score (nSPS) is 11.7. The number of pyridine rings is 1. The van der Waals surface area contributed by atoms with Gasteiger partial charge in [-0.3, -0.25) is 9.78 Å². The molecule has 1 amide bonds. The zero-order chi connectivity index (χ0) is 16.8. The zero-order valence-electron chi connectivity index (χ0n) is 13.3. The topological polar surface area (TPSA) is 60.5 Å². The summed E-state index contributed by atoms with van der Waals surface area (Å²) in [4.78, 5) is 16.4. The number of rotatable bonds is 6. The molecule has 1 aromatic heterocycles. The summed E-state index contributed by atoms with van der Waals surface area (Å²) in [7, 11) is 3.10. The van der Waals surface area contributed by atoms with Gasteiger partial charge in [-0.2, -0.15) is 0 Å². The van der Waals surface area contributed by atoms with Gasteiger partial charge in [0.05, 0.1) is 14.2 Å². The fraction of sp³-hybridized carbons (Fsp3) is 0.294. The molecule has 0 fully saturated rings. The molecule has 0 aliphatic heterocycles. The predicted octanol–water partition coefficient (Wildman–Crippen LogP) is 3.39. The van der Waals surface area contributed by atoms with E-state index in [-0.39, 0.29) is 11.8 Å². The monoisotopic (exact) mass is 378 g/mol. The van der Waals surface area contributed by atoms with Gasteiger partial charge in [-0.15, -0.1) is 0 Å². The number of halogens is 1. The molecule has 1 aromatic carbocycles. The summed E-state index contributed by atoms with van der Waals surface area (Å²) in [5.41, 5.74) is 1.62. The SMILES string of the molecule is COc1cc(C(=O)NCC(C)c2ccncc2)cc(OC)c1Br. The van der Waals surface area contributed by atoms with E-state index in [1.165, 1.54) is 0 Å². The average molecular weight is 379 g/mol. The highest BCUT2D eigenvalue weighted by Crippen LogP contribution is 2.35. The quantitative estimate of drug-likeness (QED) is 0.836. The Balaban J connectivity index is 2.09. The highest BCUT2D eigenvalue weighted by atomic mass is 79.9. The first-order valence-electron chi connectivity index (χ1n) is 7.16. The molecule has 2 aromatic rings. The Labute approximate surface area is 144 Å². The molecule has 122 valence electrons. The smallest absolute Gasteiger partial charge is 0.251 e. The Kier molecular flexibility index (Phi) is 5.98. The summed E-state index contributed by atoms with van der Waals surface area (Å²) in [6.07, 6.45) is 3.50. The Morgan fingerprint density at radius 3 is 2.30 bits per heavy atom. The molecule has 0 aliphatic carbocycles. The fourth-order valence-corrected chi connectivity index (χ4v) is 2.71. The van der Waals surface area contributed by atoms with Gasteiger partial charge < -0.3 is 14.8 Å². The number of hydrogen-bond donors (Lipinski definition) is 1. The van der Waals surface area contributed by atoms with E-state index in [0.29, 0.717) is 28.1 Å². The van der Waals surface area contributed by atoms with Crippen LogP contribution in [0.15, 0.2) is 41.1 Å². The number of benzene rings is 1. The lowest BCUT2D eigenvalue weighted by Crippen LogP contribution is -2.27. The van der Waals surface area contributed by atoms with E-state index in [9.17, 15) is 4.79 Å². The van der Waals surface area contributed by atoms with Crippen LogP contribution in [0.25, 0.3) is 0 Å². The van der Waals surface area contributed by atoms with Crippen molar-refractivity contribution < 1.29 is 14.3 Å². The van der Waals surface area contributed by atoms with E-state index in [0.717, 1.165) is 5.56 Å². The van der Waals surface area contributed by atoms with Crippen LogP contribution in [0.3, 0.4) is 0 Å². The second-order valence-corrected chi connectivity index (χ2v) is 5.88. The van der Waals surface area contributed by atoms with E-state index in [1.54, 1.807) is 38.7 Å². The molecule has 0 bridgehead atoms. The highest BCUT2D eigenvalue weighted by molar-refractivity contribution is 9.10.